The molecule has 0 saturated carbocycles. The van der Waals surface area contributed by atoms with Crippen LogP contribution in [0.4, 0.5) is 5.82 Å². The first kappa shape index (κ1) is 16.3. The summed E-state index contributed by atoms with van der Waals surface area (Å²) in [5.74, 6) is 1.42. The fraction of sp³-hybridized carbons (Fsp3) is 0.278. The van der Waals surface area contributed by atoms with Crippen molar-refractivity contribution in [1.29, 1.82) is 0 Å². The van der Waals surface area contributed by atoms with E-state index in [-0.39, 0.29) is 6.61 Å². The van der Waals surface area contributed by atoms with Gasteiger partial charge in [-0.3, -0.25) is 4.98 Å². The molecule has 1 aromatic carbocycles. The number of benzene rings is 1. The molecule has 0 fully saturated rings. The number of hydrogen-bond acceptors (Lipinski definition) is 6. The Balaban J connectivity index is 2.05. The van der Waals surface area contributed by atoms with Gasteiger partial charge in [-0.1, -0.05) is 12.1 Å². The maximum Gasteiger partial charge on any atom is 0.162 e. The minimum Gasteiger partial charge on any atom is -0.389 e. The molecule has 124 valence electrons. The van der Waals surface area contributed by atoms with Crippen LogP contribution in [-0.4, -0.2) is 53.5 Å². The maximum atomic E-state index is 10.0. The third kappa shape index (κ3) is 3.50. The summed E-state index contributed by atoms with van der Waals surface area (Å²) < 4.78 is 5.00. The summed E-state index contributed by atoms with van der Waals surface area (Å²) in [6.07, 6.45) is 2.86. The summed E-state index contributed by atoms with van der Waals surface area (Å²) in [4.78, 5) is 15.3. The number of anilines is 1. The lowest BCUT2D eigenvalue weighted by Gasteiger charge is -2.23. The first-order valence-corrected chi connectivity index (χ1v) is 7.74. The highest BCUT2D eigenvalue weighted by Crippen LogP contribution is 2.26. The van der Waals surface area contributed by atoms with Crippen molar-refractivity contribution in [2.45, 2.75) is 6.10 Å². The second-order valence-electron chi connectivity index (χ2n) is 5.61. The Morgan fingerprint density at radius 1 is 1.12 bits per heavy atom. The Bertz CT molecular complexity index is 810. The molecule has 0 aliphatic heterocycles. The van der Waals surface area contributed by atoms with Crippen molar-refractivity contribution in [3.63, 3.8) is 0 Å². The topological polar surface area (TPSA) is 71.4 Å². The van der Waals surface area contributed by atoms with Crippen LogP contribution in [0, 0.1) is 0 Å². The summed E-state index contributed by atoms with van der Waals surface area (Å²) in [5.41, 5.74) is 1.77. The number of aliphatic hydroxyl groups excluding tert-OH is 1. The number of methoxy groups -OCH3 is 1. The monoisotopic (exact) mass is 324 g/mol. The summed E-state index contributed by atoms with van der Waals surface area (Å²) in [7, 11) is 3.48. The lowest BCUT2D eigenvalue weighted by Crippen LogP contribution is -2.32. The van der Waals surface area contributed by atoms with Crippen LogP contribution >= 0.6 is 0 Å². The van der Waals surface area contributed by atoms with Crippen LogP contribution in [0.25, 0.3) is 22.3 Å². The van der Waals surface area contributed by atoms with Crippen LogP contribution in [0.5, 0.6) is 0 Å². The van der Waals surface area contributed by atoms with Crippen molar-refractivity contribution in [2.24, 2.45) is 0 Å². The summed E-state index contributed by atoms with van der Waals surface area (Å²) >= 11 is 0. The van der Waals surface area contributed by atoms with E-state index in [1.54, 1.807) is 19.5 Å². The Labute approximate surface area is 140 Å². The molecule has 1 atom stereocenters. The highest BCUT2D eigenvalue weighted by Gasteiger charge is 2.15. The normalized spacial score (nSPS) is 12.3. The van der Waals surface area contributed by atoms with Crippen molar-refractivity contribution in [3.05, 3.63) is 48.8 Å². The fourth-order valence-electron chi connectivity index (χ4n) is 2.63. The number of rotatable bonds is 6. The summed E-state index contributed by atoms with van der Waals surface area (Å²) in [6, 6.07) is 11.6. The summed E-state index contributed by atoms with van der Waals surface area (Å²) in [5, 5.41) is 11.0. The van der Waals surface area contributed by atoms with Gasteiger partial charge in [0.25, 0.3) is 0 Å². The first-order chi connectivity index (χ1) is 11.7. The van der Waals surface area contributed by atoms with Crippen LogP contribution in [0.15, 0.2) is 48.8 Å². The SMILES string of the molecule is COC[C@H](O)CN(C)c1nc(-c2ccncc2)nc2ccccc12. The van der Waals surface area contributed by atoms with Gasteiger partial charge in [0.05, 0.1) is 18.2 Å². The molecule has 1 N–H and O–H groups in total. The minimum atomic E-state index is -0.585. The van der Waals surface area contributed by atoms with E-state index < -0.39 is 6.10 Å². The molecule has 0 bridgehead atoms. The molecule has 6 heteroatoms. The molecule has 0 radical (unpaired) electrons. The van der Waals surface area contributed by atoms with Crippen molar-refractivity contribution in [3.8, 4) is 11.4 Å². The lowest BCUT2D eigenvalue weighted by molar-refractivity contribution is 0.0694. The van der Waals surface area contributed by atoms with Crippen LogP contribution in [0.2, 0.25) is 0 Å². The Morgan fingerprint density at radius 3 is 2.62 bits per heavy atom. The predicted molar refractivity (Wildman–Crippen MR) is 93.9 cm³/mol. The average Bonchev–Trinajstić information content (AvgIpc) is 2.61. The van der Waals surface area contributed by atoms with E-state index in [2.05, 4.69) is 9.97 Å². The zero-order valence-electron chi connectivity index (χ0n) is 13.8. The zero-order valence-corrected chi connectivity index (χ0v) is 13.8. The van der Waals surface area contributed by atoms with E-state index in [1.165, 1.54) is 0 Å². The molecule has 2 aromatic heterocycles. The first-order valence-electron chi connectivity index (χ1n) is 7.74. The number of aliphatic hydroxyl groups is 1. The third-order valence-corrected chi connectivity index (χ3v) is 3.73. The number of pyridine rings is 1. The van der Waals surface area contributed by atoms with Gasteiger partial charge in [0.2, 0.25) is 0 Å². The minimum absolute atomic E-state index is 0.282. The Kier molecular flexibility index (Phi) is 4.98. The average molecular weight is 324 g/mol. The van der Waals surface area contributed by atoms with E-state index >= 15 is 0 Å². The highest BCUT2D eigenvalue weighted by atomic mass is 16.5. The Morgan fingerprint density at radius 2 is 1.88 bits per heavy atom. The molecule has 0 amide bonds. The van der Waals surface area contributed by atoms with Crippen molar-refractivity contribution < 1.29 is 9.84 Å². The lowest BCUT2D eigenvalue weighted by atomic mass is 10.2. The van der Waals surface area contributed by atoms with Gasteiger partial charge in [0.15, 0.2) is 5.82 Å². The van der Waals surface area contributed by atoms with Crippen LogP contribution in [0.3, 0.4) is 0 Å². The van der Waals surface area contributed by atoms with Gasteiger partial charge in [-0.2, -0.15) is 0 Å². The number of nitrogens with zero attached hydrogens (tertiary/aromatic N) is 4. The van der Waals surface area contributed by atoms with Crippen molar-refractivity contribution >= 4 is 16.7 Å². The van der Waals surface area contributed by atoms with Crippen molar-refractivity contribution in [2.75, 3.05) is 32.2 Å². The number of hydrogen-bond donors (Lipinski definition) is 1. The van der Waals surface area contributed by atoms with Gasteiger partial charge in [-0.25, -0.2) is 9.97 Å². The molecule has 0 aliphatic rings. The number of fused-ring (bicyclic) bond motifs is 1. The maximum absolute atomic E-state index is 10.0. The molecule has 24 heavy (non-hydrogen) atoms. The molecule has 6 nitrogen and oxygen atoms in total. The van der Waals surface area contributed by atoms with Crippen LogP contribution in [-0.2, 0) is 4.74 Å². The molecule has 0 unspecified atom stereocenters. The van der Waals surface area contributed by atoms with E-state index in [1.807, 2.05) is 48.3 Å². The number of aromatic nitrogens is 3. The number of likely N-dealkylation sites (N-methyl/N-ethyl adjacent to an activating group) is 1. The van der Waals surface area contributed by atoms with Crippen molar-refractivity contribution in [1.82, 2.24) is 15.0 Å². The van der Waals surface area contributed by atoms with Crippen LogP contribution < -0.4 is 4.90 Å². The van der Waals surface area contributed by atoms with E-state index in [9.17, 15) is 5.11 Å². The van der Waals surface area contributed by atoms with Gasteiger partial charge in [-0.15, -0.1) is 0 Å². The van der Waals surface area contributed by atoms with Gasteiger partial charge in [0, 0.05) is 44.0 Å². The number of ether oxygens (including phenoxy) is 1. The predicted octanol–water partition coefficient (Wildman–Crippen LogP) is 2.14. The smallest absolute Gasteiger partial charge is 0.162 e. The molecule has 0 spiro atoms. The molecular weight excluding hydrogens is 304 g/mol. The fourth-order valence-corrected chi connectivity index (χ4v) is 2.63. The molecule has 2 heterocycles. The summed E-state index contributed by atoms with van der Waals surface area (Å²) in [6.45, 7) is 0.704. The molecule has 0 aliphatic carbocycles. The van der Waals surface area contributed by atoms with E-state index in [4.69, 9.17) is 9.72 Å². The highest BCUT2D eigenvalue weighted by molar-refractivity contribution is 5.90. The number of para-hydroxylation sites is 1. The standard InChI is InChI=1S/C18H20N4O2/c1-22(11-14(23)12-24-2)18-15-5-3-4-6-16(15)20-17(21-18)13-7-9-19-10-8-13/h3-10,14,23H,11-12H2,1-2H3/t14-/m1/s1. The zero-order chi connectivity index (χ0) is 16.9. The van der Waals surface area contributed by atoms with E-state index in [0.717, 1.165) is 22.3 Å². The molecule has 3 rings (SSSR count). The van der Waals surface area contributed by atoms with Gasteiger partial charge < -0.3 is 14.7 Å². The van der Waals surface area contributed by atoms with Crippen LogP contribution in [0.1, 0.15) is 0 Å². The van der Waals surface area contributed by atoms with Gasteiger partial charge in [-0.05, 0) is 24.3 Å². The quantitative estimate of drug-likeness (QED) is 0.749. The molecule has 0 saturated heterocycles. The largest absolute Gasteiger partial charge is 0.389 e. The second-order valence-corrected chi connectivity index (χ2v) is 5.61. The molecule has 3 aromatic rings. The van der Waals surface area contributed by atoms with E-state index in [0.29, 0.717) is 12.4 Å². The second kappa shape index (κ2) is 7.33. The third-order valence-electron chi connectivity index (χ3n) is 3.73. The van der Waals surface area contributed by atoms with Gasteiger partial charge >= 0.3 is 0 Å². The Hall–Kier alpha value is -2.57. The van der Waals surface area contributed by atoms with Gasteiger partial charge in [0.1, 0.15) is 5.82 Å². The molecular formula is C18H20N4O2.